The summed E-state index contributed by atoms with van der Waals surface area (Å²) in [6, 6.07) is 12.6. The fourth-order valence-corrected chi connectivity index (χ4v) is 8.19. The van der Waals surface area contributed by atoms with E-state index in [0.29, 0.717) is 36.3 Å². The van der Waals surface area contributed by atoms with E-state index in [2.05, 4.69) is 16.6 Å². The van der Waals surface area contributed by atoms with Crippen molar-refractivity contribution in [1.29, 1.82) is 0 Å². The number of ether oxygens (including phenoxy) is 1. The van der Waals surface area contributed by atoms with E-state index in [1.807, 2.05) is 0 Å². The predicted molar refractivity (Wildman–Crippen MR) is 157 cm³/mol. The monoisotopic (exact) mass is 639 g/mol. The van der Waals surface area contributed by atoms with Crippen LogP contribution in [0.15, 0.2) is 76.4 Å². The molecule has 2 N–H and O–H groups in total. The number of nitrogens with zero attached hydrogens (tertiary/aromatic N) is 1. The molecule has 2 heterocycles. The molecule has 0 spiro atoms. The molecule has 1 aliphatic rings. The van der Waals surface area contributed by atoms with E-state index >= 15 is 0 Å². The Morgan fingerprint density at radius 1 is 1.03 bits per heavy atom. The second-order valence-electron chi connectivity index (χ2n) is 8.15. The van der Waals surface area contributed by atoms with Gasteiger partial charge < -0.3 is 10.1 Å². The summed E-state index contributed by atoms with van der Waals surface area (Å²) in [6.07, 6.45) is 1.39. The Kier molecular flexibility index (Phi) is 11.1. The van der Waals surface area contributed by atoms with Crippen LogP contribution in [-0.4, -0.2) is 88.9 Å². The van der Waals surface area contributed by atoms with Crippen LogP contribution in [0.1, 0.15) is 10.4 Å². The minimum atomic E-state index is -4.00. The number of rotatable bonds is 9. The average molecular weight is 641 g/mol. The van der Waals surface area contributed by atoms with Gasteiger partial charge in [-0.1, -0.05) is 29.3 Å². The molecule has 15 heteroatoms. The molecule has 2 aromatic carbocycles. The maximum absolute atomic E-state index is 13.2. The summed E-state index contributed by atoms with van der Waals surface area (Å²) < 4.78 is 59.9. The minimum absolute atomic E-state index is 0. The van der Waals surface area contributed by atoms with Crippen molar-refractivity contribution >= 4 is 101 Å². The Hall–Kier alpha value is -1.45. The average Bonchev–Trinajstić information content (AvgIpc) is 3.33. The van der Waals surface area contributed by atoms with Gasteiger partial charge >= 0.3 is 29.6 Å². The quantitative estimate of drug-likeness (QED) is 0.267. The first kappa shape index (κ1) is 32.1. The molecule has 39 heavy (non-hydrogen) atoms. The van der Waals surface area contributed by atoms with E-state index in [1.165, 1.54) is 60.7 Å². The molecule has 0 bridgehead atoms. The molecule has 3 aromatic rings. The van der Waals surface area contributed by atoms with E-state index in [0.717, 1.165) is 11.3 Å². The maximum atomic E-state index is 13.2. The summed E-state index contributed by atoms with van der Waals surface area (Å²) in [4.78, 5) is 14.9. The third-order valence-corrected chi connectivity index (χ3v) is 11.0. The van der Waals surface area contributed by atoms with Crippen molar-refractivity contribution in [3.8, 4) is 0 Å². The summed E-state index contributed by atoms with van der Waals surface area (Å²) in [7, 11) is -7.77. The zero-order chi connectivity index (χ0) is 27.5. The number of hydrogen-bond acceptors (Lipinski definition) is 8. The van der Waals surface area contributed by atoms with Crippen molar-refractivity contribution in [3.63, 3.8) is 0 Å². The normalized spacial score (nSPS) is 15.1. The molecule has 1 atom stereocenters. The van der Waals surface area contributed by atoms with Crippen molar-refractivity contribution in [2.24, 2.45) is 0 Å². The van der Waals surface area contributed by atoms with Gasteiger partial charge in [-0.2, -0.15) is 0 Å². The van der Waals surface area contributed by atoms with Crippen molar-refractivity contribution in [3.05, 3.63) is 82.2 Å². The van der Waals surface area contributed by atoms with Crippen LogP contribution in [0.3, 0.4) is 0 Å². The zero-order valence-corrected chi connectivity index (χ0v) is 23.7. The van der Waals surface area contributed by atoms with Gasteiger partial charge in [0.1, 0.15) is 9.58 Å². The van der Waals surface area contributed by atoms with E-state index in [1.54, 1.807) is 4.90 Å². The Morgan fingerprint density at radius 3 is 2.28 bits per heavy atom. The number of benzene rings is 2. The first-order valence-electron chi connectivity index (χ1n) is 11.2. The van der Waals surface area contributed by atoms with Gasteiger partial charge in [0, 0.05) is 23.8 Å². The van der Waals surface area contributed by atoms with Crippen LogP contribution >= 0.6 is 34.5 Å². The third kappa shape index (κ3) is 7.64. The third-order valence-electron chi connectivity index (χ3n) is 5.65. The number of carbonyl (C=O) groups excluding carboxylic acids is 1. The Morgan fingerprint density at radius 2 is 1.69 bits per heavy atom. The first-order chi connectivity index (χ1) is 18.0. The summed E-state index contributed by atoms with van der Waals surface area (Å²) in [6.45, 7) is 5.51. The van der Waals surface area contributed by atoms with Crippen molar-refractivity contribution in [2.45, 2.75) is 14.5 Å². The van der Waals surface area contributed by atoms with Gasteiger partial charge in [-0.15, -0.1) is 17.9 Å². The van der Waals surface area contributed by atoms with Crippen LogP contribution < -0.4 is 10.0 Å². The number of carbonyl (C=O) groups is 1. The summed E-state index contributed by atoms with van der Waals surface area (Å²) in [5, 5.41) is 1.96. The number of morpholine rings is 1. The van der Waals surface area contributed by atoms with Gasteiger partial charge in [0.2, 0.25) is 0 Å². The van der Waals surface area contributed by atoms with Crippen LogP contribution in [0.4, 0.5) is 11.4 Å². The van der Waals surface area contributed by atoms with Gasteiger partial charge in [0.15, 0.2) is 9.84 Å². The summed E-state index contributed by atoms with van der Waals surface area (Å²) in [5.41, 5.74) is 0.281. The van der Waals surface area contributed by atoms with Crippen LogP contribution in [-0.2, 0) is 24.6 Å². The molecule has 0 aliphatic carbocycles. The van der Waals surface area contributed by atoms with E-state index < -0.39 is 31.1 Å². The van der Waals surface area contributed by atoms with Crippen LogP contribution in [0.5, 0.6) is 0 Å². The molecule has 1 fully saturated rings. The second-order valence-corrected chi connectivity index (χ2v) is 14.3. The summed E-state index contributed by atoms with van der Waals surface area (Å²) in [5.74, 6) is -0.651. The Bertz CT molecular complexity index is 1560. The number of amides is 1. The second kappa shape index (κ2) is 13.5. The van der Waals surface area contributed by atoms with Crippen molar-refractivity contribution < 1.29 is 26.4 Å². The fourth-order valence-electron chi connectivity index (χ4n) is 3.80. The number of thiophene rings is 1. The fraction of sp³-hybridized carbons (Fsp3) is 0.208. The van der Waals surface area contributed by atoms with Gasteiger partial charge in [-0.25, -0.2) is 16.8 Å². The molecule has 0 saturated carbocycles. The SMILES string of the molecule is C=CC(N1CCOCC1)S(=O)(=O)c1ccc(NC(=O)c2cc(Cl)ccc2NS(=O)(=O)c2ccc(Cl)s2)cc1.[NaH]. The predicted octanol–water partition coefficient (Wildman–Crippen LogP) is 4.08. The van der Waals surface area contributed by atoms with E-state index in [4.69, 9.17) is 27.9 Å². The zero-order valence-electron chi connectivity index (χ0n) is 19.8. The first-order valence-corrected chi connectivity index (χ1v) is 15.8. The summed E-state index contributed by atoms with van der Waals surface area (Å²) >= 11 is 12.8. The molecule has 1 aromatic heterocycles. The van der Waals surface area contributed by atoms with Crippen LogP contribution in [0.25, 0.3) is 0 Å². The van der Waals surface area contributed by atoms with Crippen molar-refractivity contribution in [2.75, 3.05) is 36.3 Å². The number of sulfonamides is 1. The number of anilines is 2. The van der Waals surface area contributed by atoms with E-state index in [9.17, 15) is 21.6 Å². The molecule has 0 radical (unpaired) electrons. The van der Waals surface area contributed by atoms with Gasteiger partial charge in [0.05, 0.1) is 33.7 Å². The molecule has 1 aliphatic heterocycles. The topological polar surface area (TPSA) is 122 Å². The molecule has 1 saturated heterocycles. The molecule has 4 rings (SSSR count). The van der Waals surface area contributed by atoms with Gasteiger partial charge in [-0.05, 0) is 54.6 Å². The number of halogens is 2. The molecular formula is C24H24Cl2N3NaO6S3. The standard InChI is InChI=1S/C24H23Cl2N3O6S3.Na.H/c1-2-22(29-11-13-35-14-12-29)37(31,32)18-6-4-17(5-7-18)27-24(30)19-15-16(25)3-8-20(19)28-38(33,34)23-10-9-21(26)36-23;;/h2-10,15,22,28H,1,11-14H2,(H,27,30);;. The molecule has 1 unspecified atom stereocenters. The Balaban J connectivity index is 0.00000420. The molecular weight excluding hydrogens is 616 g/mol. The van der Waals surface area contributed by atoms with Gasteiger partial charge in [-0.3, -0.25) is 14.4 Å². The molecule has 204 valence electrons. The number of sulfone groups is 1. The van der Waals surface area contributed by atoms with Gasteiger partial charge in [0.25, 0.3) is 15.9 Å². The van der Waals surface area contributed by atoms with E-state index in [-0.39, 0.29) is 54.9 Å². The number of nitrogens with one attached hydrogen (secondary N) is 2. The van der Waals surface area contributed by atoms with Crippen LogP contribution in [0.2, 0.25) is 9.36 Å². The molecule has 1 amide bonds. The van der Waals surface area contributed by atoms with Crippen molar-refractivity contribution in [1.82, 2.24) is 4.90 Å². The van der Waals surface area contributed by atoms with Crippen LogP contribution in [0, 0.1) is 0 Å². The Labute approximate surface area is 263 Å². The number of hydrogen-bond donors (Lipinski definition) is 2. The molecule has 9 nitrogen and oxygen atoms in total.